The van der Waals surface area contributed by atoms with Gasteiger partial charge in [-0.1, -0.05) is 24.3 Å². The number of nitrogens with zero attached hydrogens (tertiary/aromatic N) is 1. The second-order valence-electron chi connectivity index (χ2n) is 6.54. The van der Waals surface area contributed by atoms with Gasteiger partial charge < -0.3 is 20.3 Å². The van der Waals surface area contributed by atoms with E-state index in [-0.39, 0.29) is 12.5 Å². The minimum absolute atomic E-state index is 0.00887. The lowest BCUT2D eigenvalue weighted by molar-refractivity contribution is -0.136. The topological polar surface area (TPSA) is 91.7 Å². The van der Waals surface area contributed by atoms with E-state index in [0.29, 0.717) is 19.5 Å². The molecule has 26 heavy (non-hydrogen) atoms. The van der Waals surface area contributed by atoms with Crippen LogP contribution in [0.1, 0.15) is 35.6 Å². The smallest absolute Gasteiger partial charge is 0.303 e. The van der Waals surface area contributed by atoms with Crippen LogP contribution >= 0.6 is 0 Å². The molecule has 2 aromatic rings. The van der Waals surface area contributed by atoms with Crippen molar-refractivity contribution in [3.63, 3.8) is 0 Å². The van der Waals surface area contributed by atoms with E-state index in [2.05, 4.69) is 10.3 Å². The van der Waals surface area contributed by atoms with Gasteiger partial charge in [0.2, 0.25) is 0 Å². The van der Waals surface area contributed by atoms with Crippen molar-refractivity contribution in [2.75, 3.05) is 13.1 Å². The monoisotopic (exact) mass is 356 g/mol. The second-order valence-corrected chi connectivity index (χ2v) is 6.54. The molecule has 0 bridgehead atoms. The van der Waals surface area contributed by atoms with Crippen LogP contribution in [0.15, 0.2) is 42.7 Å². The van der Waals surface area contributed by atoms with Crippen LogP contribution in [0.25, 0.3) is 0 Å². The first-order valence-corrected chi connectivity index (χ1v) is 8.91. The minimum Gasteiger partial charge on any atom is -0.489 e. The van der Waals surface area contributed by atoms with Gasteiger partial charge in [0.25, 0.3) is 0 Å². The molecule has 0 saturated heterocycles. The molecule has 0 radical (unpaired) electrons. The highest BCUT2D eigenvalue weighted by molar-refractivity contribution is 5.67. The molecule has 2 unspecified atom stereocenters. The number of carboxylic acid groups (broad SMARTS) is 1. The van der Waals surface area contributed by atoms with E-state index in [1.807, 2.05) is 24.3 Å². The lowest BCUT2D eigenvalue weighted by atomic mass is 9.97. The summed E-state index contributed by atoms with van der Waals surface area (Å²) in [4.78, 5) is 14.9. The maximum atomic E-state index is 10.8. The number of para-hydroxylation sites is 1. The standard InChI is InChI=1S/C20H24N2O4/c23-18(16-5-2-10-21-11-16)13-22-12-17-8-6-14-3-1-4-15(20(14)26-17)7-9-19(24)25/h1-5,10-11,17-18,22-23H,6-9,12-13H2,(H,24,25). The number of hydrogen-bond donors (Lipinski definition) is 3. The molecule has 0 aliphatic carbocycles. The molecule has 1 aliphatic rings. The van der Waals surface area contributed by atoms with Crippen molar-refractivity contribution >= 4 is 5.97 Å². The summed E-state index contributed by atoms with van der Waals surface area (Å²) >= 11 is 0. The molecule has 1 aliphatic heterocycles. The van der Waals surface area contributed by atoms with Crippen molar-refractivity contribution in [3.8, 4) is 5.75 Å². The number of hydrogen-bond acceptors (Lipinski definition) is 5. The third kappa shape index (κ3) is 4.80. The number of aryl methyl sites for hydroxylation is 2. The number of fused-ring (bicyclic) bond motifs is 1. The van der Waals surface area contributed by atoms with Gasteiger partial charge in [-0.3, -0.25) is 9.78 Å². The molecular weight excluding hydrogens is 332 g/mol. The Balaban J connectivity index is 1.54. The van der Waals surface area contributed by atoms with Crippen molar-refractivity contribution in [2.24, 2.45) is 0 Å². The first kappa shape index (κ1) is 18.4. The number of aromatic nitrogens is 1. The third-order valence-electron chi connectivity index (χ3n) is 4.59. The van der Waals surface area contributed by atoms with Crippen molar-refractivity contribution < 1.29 is 19.7 Å². The van der Waals surface area contributed by atoms with Gasteiger partial charge in [0, 0.05) is 37.5 Å². The molecule has 1 aromatic heterocycles. The predicted molar refractivity (Wildman–Crippen MR) is 97.2 cm³/mol. The maximum absolute atomic E-state index is 10.8. The van der Waals surface area contributed by atoms with E-state index >= 15 is 0 Å². The van der Waals surface area contributed by atoms with E-state index in [9.17, 15) is 9.90 Å². The van der Waals surface area contributed by atoms with Crippen molar-refractivity contribution in [2.45, 2.75) is 37.9 Å². The molecule has 3 rings (SSSR count). The van der Waals surface area contributed by atoms with Crippen LogP contribution < -0.4 is 10.1 Å². The number of aliphatic hydroxyl groups is 1. The maximum Gasteiger partial charge on any atom is 0.303 e. The molecule has 6 heteroatoms. The Morgan fingerprint density at radius 2 is 2.23 bits per heavy atom. The zero-order chi connectivity index (χ0) is 18.4. The molecule has 3 N–H and O–H groups in total. The van der Waals surface area contributed by atoms with Gasteiger partial charge in [-0.05, 0) is 36.5 Å². The van der Waals surface area contributed by atoms with E-state index in [4.69, 9.17) is 9.84 Å². The Morgan fingerprint density at radius 1 is 1.35 bits per heavy atom. The fraction of sp³-hybridized carbons (Fsp3) is 0.400. The van der Waals surface area contributed by atoms with Crippen LogP contribution in [-0.2, 0) is 17.6 Å². The summed E-state index contributed by atoms with van der Waals surface area (Å²) in [6, 6.07) is 9.58. The Kier molecular flexibility index (Phi) is 6.20. The van der Waals surface area contributed by atoms with Gasteiger partial charge in [-0.25, -0.2) is 0 Å². The molecule has 0 saturated carbocycles. The number of nitrogens with one attached hydrogen (secondary N) is 1. The summed E-state index contributed by atoms with van der Waals surface area (Å²) in [7, 11) is 0. The molecule has 1 aromatic carbocycles. The van der Waals surface area contributed by atoms with Gasteiger partial charge in [0.15, 0.2) is 0 Å². The molecule has 0 fully saturated rings. The number of benzene rings is 1. The minimum atomic E-state index is -0.805. The molecule has 0 amide bonds. The summed E-state index contributed by atoms with van der Waals surface area (Å²) in [6.07, 6.45) is 5.12. The lowest BCUT2D eigenvalue weighted by Crippen LogP contribution is -2.36. The van der Waals surface area contributed by atoms with Crippen molar-refractivity contribution in [3.05, 3.63) is 59.4 Å². The quantitative estimate of drug-likeness (QED) is 0.671. The predicted octanol–water partition coefficient (Wildman–Crippen LogP) is 2.12. The summed E-state index contributed by atoms with van der Waals surface area (Å²) in [6.45, 7) is 1.06. The number of rotatable bonds is 8. The lowest BCUT2D eigenvalue weighted by Gasteiger charge is -2.28. The van der Waals surface area contributed by atoms with Gasteiger partial charge in [0.1, 0.15) is 11.9 Å². The first-order valence-electron chi connectivity index (χ1n) is 8.91. The third-order valence-corrected chi connectivity index (χ3v) is 4.59. The van der Waals surface area contributed by atoms with Gasteiger partial charge in [-0.15, -0.1) is 0 Å². The van der Waals surface area contributed by atoms with Crippen LogP contribution in [0.4, 0.5) is 0 Å². The van der Waals surface area contributed by atoms with Crippen LogP contribution in [0.5, 0.6) is 5.75 Å². The van der Waals surface area contributed by atoms with Crippen molar-refractivity contribution in [1.82, 2.24) is 10.3 Å². The molecular formula is C20H24N2O4. The SMILES string of the molecule is O=C(O)CCc1cccc2c1OC(CNCC(O)c1cccnc1)CC2. The summed E-state index contributed by atoms with van der Waals surface area (Å²) in [5.41, 5.74) is 2.87. The van der Waals surface area contributed by atoms with Gasteiger partial charge in [0.05, 0.1) is 6.10 Å². The average Bonchev–Trinajstić information content (AvgIpc) is 2.66. The molecule has 138 valence electrons. The van der Waals surface area contributed by atoms with E-state index in [1.54, 1.807) is 18.5 Å². The number of carboxylic acids is 1. The molecule has 2 heterocycles. The number of aliphatic hydroxyl groups excluding tert-OH is 1. The average molecular weight is 356 g/mol. The van der Waals surface area contributed by atoms with Gasteiger partial charge >= 0.3 is 5.97 Å². The molecule has 6 nitrogen and oxygen atoms in total. The highest BCUT2D eigenvalue weighted by atomic mass is 16.5. The fourth-order valence-corrected chi connectivity index (χ4v) is 3.18. The summed E-state index contributed by atoms with van der Waals surface area (Å²) < 4.78 is 6.13. The Bertz CT molecular complexity index is 736. The van der Waals surface area contributed by atoms with Gasteiger partial charge in [-0.2, -0.15) is 0 Å². The highest BCUT2D eigenvalue weighted by Crippen LogP contribution is 2.32. The number of aliphatic carboxylic acids is 1. The highest BCUT2D eigenvalue weighted by Gasteiger charge is 2.22. The van der Waals surface area contributed by atoms with Crippen LogP contribution in [-0.4, -0.2) is 40.4 Å². The number of pyridine rings is 1. The number of carbonyl (C=O) groups is 1. The largest absolute Gasteiger partial charge is 0.489 e. The van der Waals surface area contributed by atoms with Crippen LogP contribution in [0.3, 0.4) is 0 Å². The van der Waals surface area contributed by atoms with Crippen molar-refractivity contribution in [1.29, 1.82) is 0 Å². The first-order chi connectivity index (χ1) is 12.6. The zero-order valence-electron chi connectivity index (χ0n) is 14.6. The second kappa shape index (κ2) is 8.78. The normalized spacial score (nSPS) is 17.2. The summed E-state index contributed by atoms with van der Waals surface area (Å²) in [5, 5.41) is 22.3. The van der Waals surface area contributed by atoms with Crippen LogP contribution in [0.2, 0.25) is 0 Å². The van der Waals surface area contributed by atoms with Crippen LogP contribution in [0, 0.1) is 0 Å². The zero-order valence-corrected chi connectivity index (χ0v) is 14.6. The molecule has 2 atom stereocenters. The Labute approximate surface area is 152 Å². The fourth-order valence-electron chi connectivity index (χ4n) is 3.18. The summed E-state index contributed by atoms with van der Waals surface area (Å²) in [5.74, 6) is 0.0284. The van der Waals surface area contributed by atoms with E-state index < -0.39 is 12.1 Å². The Morgan fingerprint density at radius 3 is 3.00 bits per heavy atom. The van der Waals surface area contributed by atoms with E-state index in [1.165, 1.54) is 0 Å². The van der Waals surface area contributed by atoms with E-state index in [0.717, 1.165) is 35.3 Å². The Hall–Kier alpha value is -2.44. The number of ether oxygens (including phenoxy) is 1. The molecule has 0 spiro atoms.